The van der Waals surface area contributed by atoms with Crippen LogP contribution in [0.1, 0.15) is 77.1 Å². The van der Waals surface area contributed by atoms with Crippen molar-refractivity contribution >= 4 is 34.0 Å². The van der Waals surface area contributed by atoms with E-state index < -0.39 is 35.2 Å². The number of aromatic amines is 2. The van der Waals surface area contributed by atoms with Crippen molar-refractivity contribution in [3.05, 3.63) is 132 Å². The van der Waals surface area contributed by atoms with E-state index in [0.717, 1.165) is 39.5 Å². The van der Waals surface area contributed by atoms with Gasteiger partial charge in [0.05, 0.1) is 12.3 Å². The Morgan fingerprint density at radius 3 is 1.93 bits per heavy atom. The van der Waals surface area contributed by atoms with Crippen molar-refractivity contribution in [2.75, 3.05) is 0 Å². The van der Waals surface area contributed by atoms with Gasteiger partial charge in [-0.15, -0.1) is 0 Å². The van der Waals surface area contributed by atoms with Crippen molar-refractivity contribution < 1.29 is 19.7 Å². The zero-order valence-electron chi connectivity index (χ0n) is 32.6. The highest BCUT2D eigenvalue weighted by Crippen LogP contribution is 2.33. The average Bonchev–Trinajstić information content (AvgIpc) is 3.83. The van der Waals surface area contributed by atoms with Crippen LogP contribution in [0.15, 0.2) is 109 Å². The van der Waals surface area contributed by atoms with Gasteiger partial charge in [-0.05, 0) is 126 Å². The van der Waals surface area contributed by atoms with Crippen molar-refractivity contribution in [3.8, 4) is 11.5 Å². The molecule has 0 bridgehead atoms. The number of hydrogen-bond donors (Lipinski definition) is 6. The van der Waals surface area contributed by atoms with Crippen LogP contribution in [0.2, 0.25) is 0 Å². The first-order chi connectivity index (χ1) is 25.7. The zero-order chi connectivity index (χ0) is 38.5. The number of para-hydroxylation sites is 1. The van der Waals surface area contributed by atoms with Crippen molar-refractivity contribution in [1.29, 1.82) is 0 Å². The van der Waals surface area contributed by atoms with Gasteiger partial charge in [0.25, 0.3) is 6.29 Å². The van der Waals surface area contributed by atoms with Crippen LogP contribution in [-0.4, -0.2) is 55.4 Å². The van der Waals surface area contributed by atoms with E-state index in [2.05, 4.69) is 75.2 Å². The van der Waals surface area contributed by atoms with E-state index >= 15 is 0 Å². The summed E-state index contributed by atoms with van der Waals surface area (Å²) in [4.78, 5) is 6.58. The van der Waals surface area contributed by atoms with Gasteiger partial charge in [0.15, 0.2) is 5.60 Å². The first-order valence-electron chi connectivity index (χ1n) is 19.0. The van der Waals surface area contributed by atoms with Crippen LogP contribution in [0, 0.1) is 0 Å². The minimum Gasteiger partial charge on any atom is -0.452 e. The maximum Gasteiger partial charge on any atom is 0.274 e. The molecule has 54 heavy (non-hydrogen) atoms. The number of aryl methyl sites for hydroxylation is 2. The molecule has 6 aromatic rings. The Morgan fingerprint density at radius 2 is 1.26 bits per heavy atom. The predicted octanol–water partition coefficient (Wildman–Crippen LogP) is 8.99. The van der Waals surface area contributed by atoms with Crippen LogP contribution in [0.5, 0.6) is 11.5 Å². The topological polar surface area (TPSA) is 115 Å². The molecule has 6 rings (SSSR count). The van der Waals surface area contributed by atoms with Crippen molar-refractivity contribution in [2.24, 2.45) is 0 Å². The van der Waals surface area contributed by atoms with E-state index in [4.69, 9.17) is 9.47 Å². The van der Waals surface area contributed by atoms with Crippen LogP contribution in [0.25, 0.3) is 34.0 Å². The number of hydrogen-bond acceptors (Lipinski definition) is 6. The number of nitrogens with one attached hydrogen (secondary N) is 4. The van der Waals surface area contributed by atoms with Gasteiger partial charge in [-0.25, -0.2) is 0 Å². The molecule has 284 valence electrons. The Morgan fingerprint density at radius 1 is 0.667 bits per heavy atom. The number of aliphatic hydroxyl groups is 2. The van der Waals surface area contributed by atoms with E-state index in [1.807, 2.05) is 115 Å². The van der Waals surface area contributed by atoms with E-state index in [0.29, 0.717) is 17.9 Å². The van der Waals surface area contributed by atoms with Crippen molar-refractivity contribution in [2.45, 2.75) is 103 Å². The highest BCUT2D eigenvalue weighted by molar-refractivity contribution is 5.91. The second-order valence-electron chi connectivity index (χ2n) is 16.3. The SMILES string of the molecule is CCC(O)C(O)(C(NC(C)(C)C)NC(C)(C)C)C(Oc1ccc(C=Cc2cccc3[nH]ccc23)cc1)Oc1ccccc1CCc1cccc2[nH]ccc12. The standard InChI is InChI=1S/C46H56N4O4/c1-8-41(51)46(52,42(49-44(2,3)4)50-45(5,6)7)43(53-35-25-20-31(21-26-35)19-22-32-14-11-16-38-36(32)27-29-47-38)54-40-18-10-9-13-34(40)24-23-33-15-12-17-39-37(33)28-30-48-39/h9-22,25-30,41-43,47-52H,8,23-24H2,1-7H3. The van der Waals surface area contributed by atoms with Gasteiger partial charge in [0.1, 0.15) is 11.5 Å². The number of aromatic nitrogens is 2. The molecule has 2 aromatic heterocycles. The lowest BCUT2D eigenvalue weighted by Crippen LogP contribution is -2.75. The summed E-state index contributed by atoms with van der Waals surface area (Å²) in [5, 5.41) is 34.3. The molecule has 0 amide bonds. The van der Waals surface area contributed by atoms with E-state index in [9.17, 15) is 10.2 Å². The fraction of sp³-hybridized carbons (Fsp3) is 0.348. The highest BCUT2D eigenvalue weighted by atomic mass is 16.7. The third kappa shape index (κ3) is 9.25. The Labute approximate surface area is 319 Å². The fourth-order valence-electron chi connectivity index (χ4n) is 6.96. The summed E-state index contributed by atoms with van der Waals surface area (Å²) in [6, 6.07) is 32.3. The van der Waals surface area contributed by atoms with Crippen LogP contribution in [-0.2, 0) is 12.8 Å². The molecule has 0 aliphatic carbocycles. The Hall–Kier alpha value is -4.86. The van der Waals surface area contributed by atoms with Gasteiger partial charge in [-0.1, -0.05) is 73.7 Å². The van der Waals surface area contributed by atoms with Gasteiger partial charge in [0.2, 0.25) is 0 Å². The molecule has 4 aromatic carbocycles. The molecule has 0 saturated heterocycles. The van der Waals surface area contributed by atoms with E-state index in [-0.39, 0.29) is 6.42 Å². The van der Waals surface area contributed by atoms with Crippen LogP contribution in [0.3, 0.4) is 0 Å². The smallest absolute Gasteiger partial charge is 0.274 e. The molecular formula is C46H56N4O4. The van der Waals surface area contributed by atoms with Gasteiger partial charge in [-0.2, -0.15) is 0 Å². The van der Waals surface area contributed by atoms with Crippen LogP contribution in [0.4, 0.5) is 0 Å². The summed E-state index contributed by atoms with van der Waals surface area (Å²) in [5.41, 5.74) is 3.66. The molecule has 8 heteroatoms. The third-order valence-corrected chi connectivity index (χ3v) is 9.68. The van der Waals surface area contributed by atoms with Gasteiger partial charge >= 0.3 is 0 Å². The van der Waals surface area contributed by atoms with Crippen molar-refractivity contribution in [3.63, 3.8) is 0 Å². The highest BCUT2D eigenvalue weighted by Gasteiger charge is 2.54. The molecular weight excluding hydrogens is 673 g/mol. The van der Waals surface area contributed by atoms with Gasteiger partial charge in [0, 0.05) is 45.3 Å². The fourth-order valence-corrected chi connectivity index (χ4v) is 6.96. The molecule has 3 unspecified atom stereocenters. The molecule has 0 fully saturated rings. The Balaban J connectivity index is 1.35. The normalized spacial score (nSPS) is 14.9. The summed E-state index contributed by atoms with van der Waals surface area (Å²) in [6.07, 6.45) is 6.43. The van der Waals surface area contributed by atoms with Crippen LogP contribution < -0.4 is 20.1 Å². The third-order valence-electron chi connectivity index (χ3n) is 9.68. The lowest BCUT2D eigenvalue weighted by molar-refractivity contribution is -0.224. The number of rotatable bonds is 15. The number of H-pyrrole nitrogens is 2. The second kappa shape index (κ2) is 16.2. The summed E-state index contributed by atoms with van der Waals surface area (Å²) in [6.45, 7) is 14.0. The lowest BCUT2D eigenvalue weighted by Gasteiger charge is -2.48. The number of benzene rings is 4. The monoisotopic (exact) mass is 728 g/mol. The molecule has 2 heterocycles. The summed E-state index contributed by atoms with van der Waals surface area (Å²) < 4.78 is 13.5. The maximum absolute atomic E-state index is 13.0. The minimum atomic E-state index is -1.97. The average molecular weight is 729 g/mol. The van der Waals surface area contributed by atoms with E-state index in [1.165, 1.54) is 10.9 Å². The molecule has 8 nitrogen and oxygen atoms in total. The quantitative estimate of drug-likeness (QED) is 0.0465. The molecule has 3 atom stereocenters. The summed E-state index contributed by atoms with van der Waals surface area (Å²) in [5.74, 6) is 1.07. The largest absolute Gasteiger partial charge is 0.452 e. The van der Waals surface area contributed by atoms with Gasteiger partial charge < -0.3 is 29.7 Å². The molecule has 0 aliphatic heterocycles. The van der Waals surface area contributed by atoms with E-state index in [1.54, 1.807) is 0 Å². The van der Waals surface area contributed by atoms with Crippen LogP contribution >= 0.6 is 0 Å². The number of aliphatic hydroxyl groups excluding tert-OH is 1. The summed E-state index contributed by atoms with van der Waals surface area (Å²) in [7, 11) is 0. The van der Waals surface area contributed by atoms with Gasteiger partial charge in [-0.3, -0.25) is 10.6 Å². The molecule has 0 saturated carbocycles. The molecule has 0 aliphatic rings. The Kier molecular flexibility index (Phi) is 11.7. The number of ether oxygens (including phenoxy) is 2. The molecule has 6 N–H and O–H groups in total. The number of fused-ring (bicyclic) bond motifs is 2. The maximum atomic E-state index is 13.0. The predicted molar refractivity (Wildman–Crippen MR) is 222 cm³/mol. The first-order valence-corrected chi connectivity index (χ1v) is 19.0. The zero-order valence-corrected chi connectivity index (χ0v) is 32.6. The molecule has 0 spiro atoms. The lowest BCUT2D eigenvalue weighted by atomic mass is 9.87. The first kappa shape index (κ1) is 38.9. The minimum absolute atomic E-state index is 0.258. The Bertz CT molecular complexity index is 2140. The molecule has 0 radical (unpaired) electrons. The summed E-state index contributed by atoms with van der Waals surface area (Å²) >= 11 is 0. The van der Waals surface area contributed by atoms with Crippen molar-refractivity contribution in [1.82, 2.24) is 20.6 Å². The second-order valence-corrected chi connectivity index (χ2v) is 16.3.